The molecule has 2 fully saturated rings. The van der Waals surface area contributed by atoms with Crippen LogP contribution in [0.2, 0.25) is 0 Å². The SMILES string of the molecule is CCC1(C)CN(CCS(=O)(=O)C(C)C)C(C)(C2CC2)CN1. The van der Waals surface area contributed by atoms with E-state index in [1.54, 1.807) is 13.8 Å². The lowest BCUT2D eigenvalue weighted by Gasteiger charge is -2.52. The van der Waals surface area contributed by atoms with E-state index in [-0.39, 0.29) is 22.1 Å². The fourth-order valence-electron chi connectivity index (χ4n) is 3.31. The van der Waals surface area contributed by atoms with Crippen molar-refractivity contribution in [3.05, 3.63) is 0 Å². The van der Waals surface area contributed by atoms with Gasteiger partial charge in [-0.1, -0.05) is 6.92 Å². The number of nitrogens with one attached hydrogen (secondary N) is 1. The standard InChI is InChI=1S/C16H32N2O2S/c1-6-15(4)12-18(9-10-21(19,20)13(2)3)16(5,11-17-15)14-7-8-14/h13-14,17H,6-12H2,1-5H3. The van der Waals surface area contributed by atoms with E-state index >= 15 is 0 Å². The lowest BCUT2D eigenvalue weighted by atomic mass is 9.84. The first kappa shape index (κ1) is 17.2. The second-order valence-corrected chi connectivity index (χ2v) is 10.4. The first-order chi connectivity index (χ1) is 9.63. The third kappa shape index (κ3) is 3.62. The lowest BCUT2D eigenvalue weighted by Crippen LogP contribution is -2.69. The summed E-state index contributed by atoms with van der Waals surface area (Å²) < 4.78 is 24.3. The Labute approximate surface area is 130 Å². The van der Waals surface area contributed by atoms with E-state index in [0.717, 1.165) is 25.4 Å². The molecule has 4 nitrogen and oxygen atoms in total. The molecule has 2 atom stereocenters. The van der Waals surface area contributed by atoms with Crippen LogP contribution in [0.15, 0.2) is 0 Å². The Hall–Kier alpha value is -0.130. The van der Waals surface area contributed by atoms with E-state index in [0.29, 0.717) is 6.54 Å². The number of hydrogen-bond donors (Lipinski definition) is 1. The molecule has 2 rings (SSSR count). The summed E-state index contributed by atoms with van der Waals surface area (Å²) in [7, 11) is -2.96. The fraction of sp³-hybridized carbons (Fsp3) is 1.00. The highest BCUT2D eigenvalue weighted by atomic mass is 32.2. The van der Waals surface area contributed by atoms with Crippen molar-refractivity contribution in [2.45, 2.75) is 70.2 Å². The average Bonchev–Trinajstić information content (AvgIpc) is 3.25. The molecule has 1 saturated carbocycles. The third-order valence-electron chi connectivity index (χ3n) is 5.74. The van der Waals surface area contributed by atoms with Crippen LogP contribution in [0, 0.1) is 5.92 Å². The molecule has 1 aliphatic heterocycles. The number of rotatable bonds is 6. The van der Waals surface area contributed by atoms with Crippen molar-refractivity contribution in [1.82, 2.24) is 10.2 Å². The predicted octanol–water partition coefficient (Wildman–Crippen LogP) is 2.05. The van der Waals surface area contributed by atoms with E-state index < -0.39 is 9.84 Å². The maximum Gasteiger partial charge on any atom is 0.153 e. The van der Waals surface area contributed by atoms with Gasteiger partial charge in [0, 0.05) is 30.7 Å². The molecule has 1 aliphatic carbocycles. The van der Waals surface area contributed by atoms with Crippen LogP contribution in [-0.2, 0) is 9.84 Å². The number of nitrogens with zero attached hydrogens (tertiary/aromatic N) is 1. The second-order valence-electron chi connectivity index (χ2n) is 7.74. The van der Waals surface area contributed by atoms with Crippen LogP contribution in [0.4, 0.5) is 0 Å². The highest BCUT2D eigenvalue weighted by Crippen LogP contribution is 2.45. The van der Waals surface area contributed by atoms with Gasteiger partial charge in [0.25, 0.3) is 0 Å². The molecule has 0 aromatic heterocycles. The molecule has 1 saturated heterocycles. The fourth-order valence-corrected chi connectivity index (χ4v) is 4.26. The van der Waals surface area contributed by atoms with Gasteiger partial charge in [-0.2, -0.15) is 0 Å². The van der Waals surface area contributed by atoms with Gasteiger partial charge in [0.05, 0.1) is 11.0 Å². The van der Waals surface area contributed by atoms with Crippen LogP contribution in [0.1, 0.15) is 53.9 Å². The molecule has 1 heterocycles. The van der Waals surface area contributed by atoms with Gasteiger partial charge in [-0.25, -0.2) is 8.42 Å². The third-order valence-corrected chi connectivity index (χ3v) is 7.92. The quantitative estimate of drug-likeness (QED) is 0.815. The zero-order valence-electron chi connectivity index (χ0n) is 14.3. The minimum atomic E-state index is -2.96. The molecule has 0 spiro atoms. The van der Waals surface area contributed by atoms with Crippen LogP contribution in [-0.4, -0.2) is 55.0 Å². The molecular formula is C16H32N2O2S. The van der Waals surface area contributed by atoms with Crippen molar-refractivity contribution < 1.29 is 8.42 Å². The highest BCUT2D eigenvalue weighted by Gasteiger charge is 2.50. The monoisotopic (exact) mass is 316 g/mol. The summed E-state index contributed by atoms with van der Waals surface area (Å²) in [6.07, 6.45) is 3.64. The summed E-state index contributed by atoms with van der Waals surface area (Å²) in [5.74, 6) is 1.01. The summed E-state index contributed by atoms with van der Waals surface area (Å²) in [5.41, 5.74) is 0.233. The first-order valence-corrected chi connectivity index (χ1v) is 10.1. The molecule has 0 aromatic carbocycles. The molecule has 0 amide bonds. The van der Waals surface area contributed by atoms with E-state index in [1.807, 2.05) is 0 Å². The summed E-state index contributed by atoms with van der Waals surface area (Å²) in [6.45, 7) is 12.9. The highest BCUT2D eigenvalue weighted by molar-refractivity contribution is 7.92. The van der Waals surface area contributed by atoms with Gasteiger partial charge >= 0.3 is 0 Å². The molecule has 21 heavy (non-hydrogen) atoms. The number of hydrogen-bond acceptors (Lipinski definition) is 4. The van der Waals surface area contributed by atoms with Gasteiger partial charge in [0.2, 0.25) is 0 Å². The molecule has 0 bridgehead atoms. The first-order valence-electron chi connectivity index (χ1n) is 8.34. The molecule has 1 N–H and O–H groups in total. The largest absolute Gasteiger partial charge is 0.308 e. The number of sulfone groups is 1. The van der Waals surface area contributed by atoms with Crippen molar-refractivity contribution in [3.63, 3.8) is 0 Å². The normalized spacial score (nSPS) is 35.3. The lowest BCUT2D eigenvalue weighted by molar-refractivity contribution is 0.00999. The van der Waals surface area contributed by atoms with Crippen molar-refractivity contribution in [3.8, 4) is 0 Å². The maximum absolute atomic E-state index is 12.2. The summed E-state index contributed by atoms with van der Waals surface area (Å²) >= 11 is 0. The van der Waals surface area contributed by atoms with E-state index in [1.165, 1.54) is 12.8 Å². The molecule has 2 unspecified atom stereocenters. The van der Waals surface area contributed by atoms with Crippen molar-refractivity contribution in [2.24, 2.45) is 5.92 Å². The van der Waals surface area contributed by atoms with Crippen molar-refractivity contribution in [1.29, 1.82) is 0 Å². The van der Waals surface area contributed by atoms with E-state index in [4.69, 9.17) is 0 Å². The summed E-state index contributed by atoms with van der Waals surface area (Å²) in [4.78, 5) is 2.46. The Morgan fingerprint density at radius 2 is 1.90 bits per heavy atom. The Morgan fingerprint density at radius 3 is 2.38 bits per heavy atom. The summed E-state index contributed by atoms with van der Waals surface area (Å²) in [5, 5.41) is 3.44. The molecule has 124 valence electrons. The van der Waals surface area contributed by atoms with Gasteiger partial charge in [0.15, 0.2) is 9.84 Å². The zero-order valence-corrected chi connectivity index (χ0v) is 15.1. The Kier molecular flexibility index (Phi) is 4.77. The van der Waals surface area contributed by atoms with E-state index in [9.17, 15) is 8.42 Å². The van der Waals surface area contributed by atoms with Gasteiger partial charge < -0.3 is 5.32 Å². The minimum absolute atomic E-state index is 0.107. The van der Waals surface area contributed by atoms with Crippen molar-refractivity contribution >= 4 is 9.84 Å². The minimum Gasteiger partial charge on any atom is -0.308 e. The molecular weight excluding hydrogens is 284 g/mol. The topological polar surface area (TPSA) is 49.4 Å². The van der Waals surface area contributed by atoms with Gasteiger partial charge in [0.1, 0.15) is 0 Å². The van der Waals surface area contributed by atoms with Crippen molar-refractivity contribution in [2.75, 3.05) is 25.4 Å². The molecule has 0 radical (unpaired) electrons. The van der Waals surface area contributed by atoms with Gasteiger partial charge in [-0.05, 0) is 52.9 Å². The van der Waals surface area contributed by atoms with Crippen LogP contribution >= 0.6 is 0 Å². The Morgan fingerprint density at radius 1 is 1.29 bits per heavy atom. The zero-order chi connectivity index (χ0) is 15.9. The predicted molar refractivity (Wildman–Crippen MR) is 88.3 cm³/mol. The van der Waals surface area contributed by atoms with Gasteiger partial charge in [-0.3, -0.25) is 4.90 Å². The van der Waals surface area contributed by atoms with Crippen LogP contribution < -0.4 is 5.32 Å². The second kappa shape index (κ2) is 5.82. The van der Waals surface area contributed by atoms with Crippen LogP contribution in [0.3, 0.4) is 0 Å². The summed E-state index contributed by atoms with van der Waals surface area (Å²) in [6, 6.07) is 0. The molecule has 0 aromatic rings. The van der Waals surface area contributed by atoms with Gasteiger partial charge in [-0.15, -0.1) is 0 Å². The maximum atomic E-state index is 12.2. The molecule has 2 aliphatic rings. The van der Waals surface area contributed by atoms with Crippen LogP contribution in [0.25, 0.3) is 0 Å². The smallest absolute Gasteiger partial charge is 0.153 e. The number of piperazine rings is 1. The van der Waals surface area contributed by atoms with Crippen LogP contribution in [0.5, 0.6) is 0 Å². The Bertz CT molecular complexity index is 473. The Balaban J connectivity index is 2.11. The molecule has 5 heteroatoms. The average molecular weight is 317 g/mol. The van der Waals surface area contributed by atoms with E-state index in [2.05, 4.69) is 31.0 Å².